The van der Waals surface area contributed by atoms with Crippen LogP contribution in [-0.4, -0.2) is 41.8 Å². The Balaban J connectivity index is 1.90. The molecule has 1 aliphatic rings. The number of piperidine rings is 1. The molecule has 1 fully saturated rings. The van der Waals surface area contributed by atoms with Crippen molar-refractivity contribution in [3.8, 4) is 0 Å². The molecule has 4 nitrogen and oxygen atoms in total. The van der Waals surface area contributed by atoms with Gasteiger partial charge < -0.3 is 9.47 Å². The van der Waals surface area contributed by atoms with Crippen molar-refractivity contribution >= 4 is 5.97 Å². The van der Waals surface area contributed by atoms with E-state index in [2.05, 4.69) is 44.7 Å². The van der Waals surface area contributed by atoms with E-state index in [0.717, 1.165) is 18.4 Å². The number of nitrogens with zero attached hydrogens (tertiary/aromatic N) is 1. The van der Waals surface area contributed by atoms with Gasteiger partial charge in [0.05, 0.1) is 17.7 Å². The second-order valence-corrected chi connectivity index (χ2v) is 9.15. The first-order valence-corrected chi connectivity index (χ1v) is 10.3. The van der Waals surface area contributed by atoms with Crippen LogP contribution in [0.2, 0.25) is 0 Å². The second kappa shape index (κ2) is 8.68. The Morgan fingerprint density at radius 2 is 1.48 bits per heavy atom. The van der Waals surface area contributed by atoms with E-state index in [-0.39, 0.29) is 29.2 Å². The van der Waals surface area contributed by atoms with Crippen molar-refractivity contribution in [3.63, 3.8) is 0 Å². The van der Waals surface area contributed by atoms with Crippen LogP contribution in [0.25, 0.3) is 0 Å². The van der Waals surface area contributed by atoms with E-state index in [1.54, 1.807) is 19.2 Å². The number of methoxy groups -OCH3 is 1. The number of hydrogen-bond donors (Lipinski definition) is 0. The van der Waals surface area contributed by atoms with Crippen LogP contribution in [0.4, 0.5) is 0 Å². The molecular formula is C25H33NO3. The summed E-state index contributed by atoms with van der Waals surface area (Å²) in [5.41, 5.74) is 1.52. The first kappa shape index (κ1) is 21.5. The molecule has 3 rings (SSSR count). The summed E-state index contributed by atoms with van der Waals surface area (Å²) < 4.78 is 11.6. The van der Waals surface area contributed by atoms with Crippen molar-refractivity contribution in [2.75, 3.05) is 13.7 Å². The van der Waals surface area contributed by atoms with Gasteiger partial charge >= 0.3 is 5.97 Å². The van der Waals surface area contributed by atoms with E-state index in [9.17, 15) is 4.79 Å². The summed E-state index contributed by atoms with van der Waals surface area (Å²) in [7, 11) is 1.79. The van der Waals surface area contributed by atoms with Gasteiger partial charge in [-0.3, -0.25) is 4.90 Å². The van der Waals surface area contributed by atoms with Crippen molar-refractivity contribution in [1.82, 2.24) is 4.90 Å². The summed E-state index contributed by atoms with van der Waals surface area (Å²) in [6, 6.07) is 19.5. The Morgan fingerprint density at radius 3 is 2.00 bits per heavy atom. The van der Waals surface area contributed by atoms with Gasteiger partial charge in [0, 0.05) is 18.2 Å². The third-order valence-electron chi connectivity index (χ3n) is 5.97. The minimum atomic E-state index is -0.283. The van der Waals surface area contributed by atoms with E-state index < -0.39 is 0 Å². The number of carbonyl (C=O) groups excluding carboxylic acids is 1. The molecular weight excluding hydrogens is 362 g/mol. The molecule has 1 heterocycles. The van der Waals surface area contributed by atoms with Crippen molar-refractivity contribution in [1.29, 1.82) is 0 Å². The van der Waals surface area contributed by atoms with Crippen LogP contribution in [0.15, 0.2) is 60.7 Å². The Kier molecular flexibility index (Phi) is 6.45. The summed E-state index contributed by atoms with van der Waals surface area (Å²) in [5.74, 6) is -0.283. The fourth-order valence-electron chi connectivity index (χ4n) is 5.02. The van der Waals surface area contributed by atoms with Gasteiger partial charge in [-0.2, -0.15) is 0 Å². The van der Waals surface area contributed by atoms with Gasteiger partial charge in [0.1, 0.15) is 6.61 Å². The van der Waals surface area contributed by atoms with Crippen LogP contribution >= 0.6 is 0 Å². The standard InChI is InChI=1S/C25H33NO3/c1-24(2)16-21(28-5)17-25(3,4)26(24)22(19-12-8-6-9-13-19)18-29-23(27)20-14-10-7-11-15-20/h6-15,21-22H,16-18H2,1-5H3. The highest BCUT2D eigenvalue weighted by molar-refractivity contribution is 5.89. The monoisotopic (exact) mass is 395 g/mol. The van der Waals surface area contributed by atoms with Crippen LogP contribution in [0, 0.1) is 0 Å². The number of esters is 1. The van der Waals surface area contributed by atoms with Crippen LogP contribution in [0.1, 0.15) is 62.5 Å². The summed E-state index contributed by atoms with van der Waals surface area (Å²) >= 11 is 0. The molecule has 4 heteroatoms. The molecule has 2 aromatic carbocycles. The maximum atomic E-state index is 12.6. The molecule has 156 valence electrons. The summed E-state index contributed by atoms with van der Waals surface area (Å²) in [4.78, 5) is 15.1. The zero-order valence-electron chi connectivity index (χ0n) is 18.2. The number of likely N-dealkylation sites (tertiary alicyclic amines) is 1. The van der Waals surface area contributed by atoms with Crippen molar-refractivity contribution in [3.05, 3.63) is 71.8 Å². The van der Waals surface area contributed by atoms with Gasteiger partial charge in [0.2, 0.25) is 0 Å². The zero-order chi connectivity index (χ0) is 21.1. The normalized spacial score (nSPS) is 20.2. The Labute approximate surface area is 174 Å². The van der Waals surface area contributed by atoms with Gasteiger partial charge in [-0.15, -0.1) is 0 Å². The molecule has 2 aromatic rings. The van der Waals surface area contributed by atoms with Crippen LogP contribution in [0.3, 0.4) is 0 Å². The van der Waals surface area contributed by atoms with Gasteiger partial charge in [0.15, 0.2) is 0 Å². The van der Waals surface area contributed by atoms with E-state index >= 15 is 0 Å². The largest absolute Gasteiger partial charge is 0.460 e. The molecule has 1 aliphatic heterocycles. The SMILES string of the molecule is COC1CC(C)(C)N(C(COC(=O)c2ccccc2)c2ccccc2)C(C)(C)C1. The topological polar surface area (TPSA) is 38.8 Å². The van der Waals surface area contributed by atoms with E-state index in [0.29, 0.717) is 12.2 Å². The Bertz CT molecular complexity index is 783. The summed E-state index contributed by atoms with van der Waals surface area (Å²) in [6.07, 6.45) is 2.09. The molecule has 1 atom stereocenters. The maximum absolute atomic E-state index is 12.6. The smallest absolute Gasteiger partial charge is 0.338 e. The predicted octanol–water partition coefficient (Wildman–Crippen LogP) is 5.25. The first-order chi connectivity index (χ1) is 13.7. The van der Waals surface area contributed by atoms with Crippen LogP contribution in [-0.2, 0) is 9.47 Å². The first-order valence-electron chi connectivity index (χ1n) is 10.3. The summed E-state index contributed by atoms with van der Waals surface area (Å²) in [6.45, 7) is 9.34. The molecule has 0 aromatic heterocycles. The lowest BCUT2D eigenvalue weighted by atomic mass is 9.76. The highest BCUT2D eigenvalue weighted by Gasteiger charge is 2.49. The highest BCUT2D eigenvalue weighted by atomic mass is 16.5. The Morgan fingerprint density at radius 1 is 0.966 bits per heavy atom. The lowest BCUT2D eigenvalue weighted by molar-refractivity contribution is -0.124. The molecule has 1 saturated heterocycles. The Hall–Kier alpha value is -2.17. The molecule has 0 saturated carbocycles. The van der Waals surface area contributed by atoms with Gasteiger partial charge in [-0.05, 0) is 58.2 Å². The second-order valence-electron chi connectivity index (χ2n) is 9.15. The molecule has 29 heavy (non-hydrogen) atoms. The molecule has 1 unspecified atom stereocenters. The minimum absolute atomic E-state index is 0.0355. The fourth-order valence-corrected chi connectivity index (χ4v) is 5.02. The molecule has 0 aliphatic carbocycles. The van der Waals surface area contributed by atoms with Gasteiger partial charge in [0.25, 0.3) is 0 Å². The third-order valence-corrected chi connectivity index (χ3v) is 5.97. The van der Waals surface area contributed by atoms with Crippen LogP contribution in [0.5, 0.6) is 0 Å². The average molecular weight is 396 g/mol. The minimum Gasteiger partial charge on any atom is -0.460 e. The predicted molar refractivity (Wildman–Crippen MR) is 116 cm³/mol. The number of ether oxygens (including phenoxy) is 2. The fraction of sp³-hybridized carbons (Fsp3) is 0.480. The van der Waals surface area contributed by atoms with E-state index in [1.807, 2.05) is 36.4 Å². The third kappa shape index (κ3) is 4.88. The van der Waals surface area contributed by atoms with Crippen LogP contribution < -0.4 is 0 Å². The van der Waals surface area contributed by atoms with Crippen molar-refractivity contribution < 1.29 is 14.3 Å². The molecule has 0 N–H and O–H groups in total. The summed E-state index contributed by atoms with van der Waals surface area (Å²) in [5, 5.41) is 0. The number of rotatable bonds is 6. The quantitative estimate of drug-likeness (QED) is 0.626. The molecule has 0 radical (unpaired) electrons. The molecule has 0 bridgehead atoms. The van der Waals surface area contributed by atoms with E-state index in [4.69, 9.17) is 9.47 Å². The van der Waals surface area contributed by atoms with Gasteiger partial charge in [-0.1, -0.05) is 48.5 Å². The maximum Gasteiger partial charge on any atom is 0.338 e. The highest BCUT2D eigenvalue weighted by Crippen LogP contribution is 2.45. The lowest BCUT2D eigenvalue weighted by Gasteiger charge is -2.58. The zero-order valence-corrected chi connectivity index (χ0v) is 18.2. The molecule has 0 amide bonds. The number of carbonyl (C=O) groups is 1. The number of hydrogen-bond acceptors (Lipinski definition) is 4. The van der Waals surface area contributed by atoms with Crippen molar-refractivity contribution in [2.24, 2.45) is 0 Å². The average Bonchev–Trinajstić information content (AvgIpc) is 2.70. The van der Waals surface area contributed by atoms with Gasteiger partial charge in [-0.25, -0.2) is 4.79 Å². The molecule has 0 spiro atoms. The van der Waals surface area contributed by atoms with E-state index in [1.165, 1.54) is 0 Å². The van der Waals surface area contributed by atoms with Crippen molar-refractivity contribution in [2.45, 2.75) is 63.8 Å². The lowest BCUT2D eigenvalue weighted by Crippen LogP contribution is -2.63. The number of benzene rings is 2.